The maximum Gasteiger partial charge on any atom is 0.257 e. The number of halogens is 2. The first-order valence-electron chi connectivity index (χ1n) is 9.35. The second-order valence-corrected chi connectivity index (χ2v) is 9.98. The summed E-state index contributed by atoms with van der Waals surface area (Å²) in [7, 11) is -3.36. The van der Waals surface area contributed by atoms with E-state index in [0.717, 1.165) is 12.3 Å². The zero-order valence-electron chi connectivity index (χ0n) is 16.7. The highest BCUT2D eigenvalue weighted by atomic mass is 32.2. The minimum atomic E-state index is -3.36. The number of sulfone groups is 1. The maximum absolute atomic E-state index is 13.5. The van der Waals surface area contributed by atoms with Crippen LogP contribution in [0.15, 0.2) is 77.7 Å². The molecule has 0 bridgehead atoms. The quantitative estimate of drug-likeness (QED) is 0.423. The molecule has 0 spiro atoms. The van der Waals surface area contributed by atoms with Gasteiger partial charge >= 0.3 is 0 Å². The highest BCUT2D eigenvalue weighted by Gasteiger charge is 2.18. The van der Waals surface area contributed by atoms with Crippen LogP contribution in [0.1, 0.15) is 10.4 Å². The minimum absolute atomic E-state index is 0.141. The van der Waals surface area contributed by atoms with E-state index in [1.807, 2.05) is 0 Å². The molecule has 3 aromatic carbocycles. The van der Waals surface area contributed by atoms with Crippen LogP contribution in [-0.4, -0.2) is 25.6 Å². The normalized spacial score (nSPS) is 11.3. The molecule has 9 heteroatoms. The Bertz CT molecular complexity index is 1400. The Balaban J connectivity index is 1.75. The Hall–Kier alpha value is -3.43. The fourth-order valence-electron chi connectivity index (χ4n) is 3.03. The molecular formula is C23H16F2N2O3S2. The number of benzene rings is 3. The summed E-state index contributed by atoms with van der Waals surface area (Å²) in [5, 5.41) is 2.93. The molecule has 0 unspecified atom stereocenters. The molecule has 0 aliphatic carbocycles. The van der Waals surface area contributed by atoms with Gasteiger partial charge in [-0.05, 0) is 48.0 Å². The van der Waals surface area contributed by atoms with Gasteiger partial charge in [0, 0.05) is 17.4 Å². The molecule has 1 amide bonds. The van der Waals surface area contributed by atoms with Crippen molar-refractivity contribution in [2.75, 3.05) is 11.6 Å². The van der Waals surface area contributed by atoms with Crippen LogP contribution in [0.5, 0.6) is 0 Å². The highest BCUT2D eigenvalue weighted by Crippen LogP contribution is 2.39. The van der Waals surface area contributed by atoms with E-state index >= 15 is 0 Å². The Morgan fingerprint density at radius 1 is 0.906 bits per heavy atom. The Labute approximate surface area is 187 Å². The lowest BCUT2D eigenvalue weighted by atomic mass is 10.1. The summed E-state index contributed by atoms with van der Waals surface area (Å²) in [4.78, 5) is 17.9. The average Bonchev–Trinajstić information content (AvgIpc) is 3.17. The van der Waals surface area contributed by atoms with Crippen molar-refractivity contribution in [2.45, 2.75) is 4.90 Å². The molecule has 1 N–H and O–H groups in total. The summed E-state index contributed by atoms with van der Waals surface area (Å²) >= 11 is 1.17. The molecule has 4 aromatic rings. The molecule has 0 saturated heterocycles. The van der Waals surface area contributed by atoms with Crippen molar-refractivity contribution in [3.63, 3.8) is 0 Å². The van der Waals surface area contributed by atoms with Crippen LogP contribution in [0.2, 0.25) is 0 Å². The zero-order chi connectivity index (χ0) is 22.9. The third-order valence-electron chi connectivity index (χ3n) is 4.60. The van der Waals surface area contributed by atoms with E-state index in [4.69, 9.17) is 0 Å². The van der Waals surface area contributed by atoms with Gasteiger partial charge in [0.05, 0.1) is 15.5 Å². The van der Waals surface area contributed by atoms with Gasteiger partial charge in [-0.1, -0.05) is 41.7 Å². The van der Waals surface area contributed by atoms with Gasteiger partial charge in [-0.25, -0.2) is 22.2 Å². The molecule has 1 heterocycles. The number of thiazole rings is 1. The largest absolute Gasteiger partial charge is 0.298 e. The summed E-state index contributed by atoms with van der Waals surface area (Å²) in [6, 6.07) is 17.3. The Morgan fingerprint density at radius 3 is 2.19 bits per heavy atom. The fourth-order valence-corrected chi connectivity index (χ4v) is 4.64. The van der Waals surface area contributed by atoms with Gasteiger partial charge in [0.2, 0.25) is 0 Å². The van der Waals surface area contributed by atoms with E-state index in [1.54, 1.807) is 24.3 Å². The standard InChI is InChI=1S/C23H16F2N2O3S2/c1-32(29,30)19-11-7-14(8-12-19)20-21(15-5-9-17(24)10-6-15)31-23(26-20)27-22(28)16-3-2-4-18(25)13-16/h2-13H,1H3,(H,26,27,28). The second kappa shape index (κ2) is 8.60. The van der Waals surface area contributed by atoms with Crippen LogP contribution in [0.3, 0.4) is 0 Å². The number of hydrogen-bond acceptors (Lipinski definition) is 5. The number of nitrogens with one attached hydrogen (secondary N) is 1. The first-order valence-corrected chi connectivity index (χ1v) is 12.1. The Kier molecular flexibility index (Phi) is 5.86. The molecule has 32 heavy (non-hydrogen) atoms. The number of carbonyl (C=O) groups excluding carboxylic acids is 1. The summed E-state index contributed by atoms with van der Waals surface area (Å²) in [5.41, 5.74) is 1.94. The lowest BCUT2D eigenvalue weighted by Crippen LogP contribution is -2.11. The van der Waals surface area contributed by atoms with Crippen molar-refractivity contribution in [2.24, 2.45) is 0 Å². The van der Waals surface area contributed by atoms with E-state index in [-0.39, 0.29) is 15.6 Å². The predicted octanol–water partition coefficient (Wildman–Crippen LogP) is 5.41. The molecular weight excluding hydrogens is 454 g/mol. The summed E-state index contributed by atoms with van der Waals surface area (Å²) < 4.78 is 50.4. The SMILES string of the molecule is CS(=O)(=O)c1ccc(-c2nc(NC(=O)c3cccc(F)c3)sc2-c2ccc(F)cc2)cc1. The second-order valence-electron chi connectivity index (χ2n) is 6.96. The number of nitrogens with zero attached hydrogens (tertiary/aromatic N) is 1. The number of hydrogen-bond donors (Lipinski definition) is 1. The van der Waals surface area contributed by atoms with Crippen LogP contribution in [0.4, 0.5) is 13.9 Å². The van der Waals surface area contributed by atoms with Crippen molar-refractivity contribution >= 4 is 32.2 Å². The molecule has 5 nitrogen and oxygen atoms in total. The molecule has 0 aliphatic rings. The van der Waals surface area contributed by atoms with Gasteiger partial charge in [-0.2, -0.15) is 0 Å². The molecule has 0 atom stereocenters. The topological polar surface area (TPSA) is 76.1 Å². The molecule has 0 aliphatic heterocycles. The first-order chi connectivity index (χ1) is 15.2. The van der Waals surface area contributed by atoms with E-state index in [9.17, 15) is 22.0 Å². The van der Waals surface area contributed by atoms with Crippen molar-refractivity contribution < 1.29 is 22.0 Å². The number of amides is 1. The number of carbonyl (C=O) groups is 1. The maximum atomic E-state index is 13.5. The van der Waals surface area contributed by atoms with Gasteiger partial charge in [0.25, 0.3) is 5.91 Å². The van der Waals surface area contributed by atoms with E-state index < -0.39 is 27.4 Å². The third-order valence-corrected chi connectivity index (χ3v) is 6.75. The van der Waals surface area contributed by atoms with Gasteiger partial charge in [0.1, 0.15) is 11.6 Å². The van der Waals surface area contributed by atoms with E-state index in [0.29, 0.717) is 21.7 Å². The van der Waals surface area contributed by atoms with Gasteiger partial charge < -0.3 is 0 Å². The van der Waals surface area contributed by atoms with Gasteiger partial charge in [0.15, 0.2) is 15.0 Å². The number of aromatic nitrogens is 1. The predicted molar refractivity (Wildman–Crippen MR) is 120 cm³/mol. The van der Waals surface area contributed by atoms with Crippen LogP contribution < -0.4 is 5.32 Å². The zero-order valence-corrected chi connectivity index (χ0v) is 18.3. The van der Waals surface area contributed by atoms with Crippen molar-refractivity contribution in [3.8, 4) is 21.7 Å². The third kappa shape index (κ3) is 4.74. The summed E-state index contributed by atoms with van der Waals surface area (Å²) in [5.74, 6) is -1.45. The van der Waals surface area contributed by atoms with Gasteiger partial charge in [-0.3, -0.25) is 10.1 Å². The van der Waals surface area contributed by atoms with Crippen LogP contribution >= 0.6 is 11.3 Å². The van der Waals surface area contributed by atoms with E-state index in [1.165, 1.54) is 53.8 Å². The first kappa shape index (κ1) is 21.8. The lowest BCUT2D eigenvalue weighted by molar-refractivity contribution is 0.102. The van der Waals surface area contributed by atoms with Crippen molar-refractivity contribution in [3.05, 3.63) is 90.0 Å². The fraction of sp³-hybridized carbons (Fsp3) is 0.0435. The summed E-state index contributed by atoms with van der Waals surface area (Å²) in [6.07, 6.45) is 1.12. The molecule has 4 rings (SSSR count). The molecule has 1 aromatic heterocycles. The van der Waals surface area contributed by atoms with Gasteiger partial charge in [-0.15, -0.1) is 0 Å². The molecule has 162 valence electrons. The van der Waals surface area contributed by atoms with Crippen LogP contribution in [-0.2, 0) is 9.84 Å². The van der Waals surface area contributed by atoms with Crippen molar-refractivity contribution in [1.29, 1.82) is 0 Å². The van der Waals surface area contributed by atoms with Crippen LogP contribution in [0, 0.1) is 11.6 Å². The smallest absolute Gasteiger partial charge is 0.257 e. The summed E-state index contributed by atoms with van der Waals surface area (Å²) in [6.45, 7) is 0. The minimum Gasteiger partial charge on any atom is -0.298 e. The number of anilines is 1. The molecule has 0 radical (unpaired) electrons. The average molecular weight is 471 g/mol. The Morgan fingerprint density at radius 2 is 1.56 bits per heavy atom. The monoisotopic (exact) mass is 470 g/mol. The number of rotatable bonds is 5. The molecule has 0 saturated carbocycles. The highest BCUT2D eigenvalue weighted by molar-refractivity contribution is 7.90. The van der Waals surface area contributed by atoms with Crippen LogP contribution in [0.25, 0.3) is 21.7 Å². The lowest BCUT2D eigenvalue weighted by Gasteiger charge is -2.04. The van der Waals surface area contributed by atoms with E-state index in [2.05, 4.69) is 10.3 Å². The molecule has 0 fully saturated rings. The van der Waals surface area contributed by atoms with Crippen molar-refractivity contribution in [1.82, 2.24) is 4.98 Å².